The first-order chi connectivity index (χ1) is 19.1. The Kier molecular flexibility index (Phi) is 7.01. The second-order valence-corrected chi connectivity index (χ2v) is 9.50. The van der Waals surface area contributed by atoms with E-state index in [-0.39, 0.29) is 11.4 Å². The Bertz CT molecular complexity index is 1640. The Balaban J connectivity index is 1.17. The molecule has 10 heteroatoms. The molecule has 0 saturated carbocycles. The second kappa shape index (κ2) is 11.0. The Morgan fingerprint density at radius 2 is 1.74 bits per heavy atom. The van der Waals surface area contributed by atoms with Gasteiger partial charge in [0.2, 0.25) is 0 Å². The maximum Gasteiger partial charge on any atom is 0.250 e. The van der Waals surface area contributed by atoms with E-state index in [1.54, 1.807) is 29.0 Å². The van der Waals surface area contributed by atoms with Crippen LogP contribution in [0, 0.1) is 5.82 Å². The quantitative estimate of drug-likeness (QED) is 0.331. The van der Waals surface area contributed by atoms with Crippen molar-refractivity contribution >= 4 is 22.5 Å². The van der Waals surface area contributed by atoms with E-state index in [1.165, 1.54) is 12.4 Å². The highest BCUT2D eigenvalue weighted by Gasteiger charge is 2.16. The van der Waals surface area contributed by atoms with E-state index in [1.807, 2.05) is 47.3 Å². The summed E-state index contributed by atoms with van der Waals surface area (Å²) in [6, 6.07) is 18.2. The first-order valence-corrected chi connectivity index (χ1v) is 12.9. The molecule has 0 atom stereocenters. The number of rotatable bonds is 8. The van der Waals surface area contributed by atoms with E-state index >= 15 is 0 Å². The number of anilines is 2. The molecule has 0 aliphatic carbocycles. The Morgan fingerprint density at radius 1 is 0.949 bits per heavy atom. The average molecular weight is 526 g/mol. The van der Waals surface area contributed by atoms with Gasteiger partial charge in [-0.05, 0) is 41.0 Å². The Morgan fingerprint density at radius 3 is 2.54 bits per heavy atom. The minimum absolute atomic E-state index is 0.0231. The average Bonchev–Trinajstić information content (AvgIpc) is 3.38. The standard InChI is InChI=1S/C29H28FN7O2/c30-24-8-9-26(35-11-13-39-14-12-35)23(15-24)16-31-28-25-19-37(34-29(25)33-20-32-28)18-22-6-4-21(5-7-22)17-36-10-2-1-3-27(36)38/h1-10,15,19-20H,11-14,16-18H2,(H,31,32,33,34). The van der Waals surface area contributed by atoms with Gasteiger partial charge in [0.25, 0.3) is 5.56 Å². The lowest BCUT2D eigenvalue weighted by atomic mass is 10.1. The molecule has 1 aliphatic heterocycles. The summed E-state index contributed by atoms with van der Waals surface area (Å²) >= 11 is 0. The minimum atomic E-state index is -0.272. The van der Waals surface area contributed by atoms with Gasteiger partial charge in [0.1, 0.15) is 18.0 Å². The number of hydrogen-bond acceptors (Lipinski definition) is 7. The molecule has 1 fully saturated rings. The highest BCUT2D eigenvalue weighted by molar-refractivity contribution is 5.85. The third kappa shape index (κ3) is 5.65. The molecule has 1 saturated heterocycles. The highest BCUT2D eigenvalue weighted by atomic mass is 19.1. The normalized spacial score (nSPS) is 13.6. The lowest BCUT2D eigenvalue weighted by Crippen LogP contribution is -2.37. The van der Waals surface area contributed by atoms with Crippen molar-refractivity contribution in [2.75, 3.05) is 36.5 Å². The number of fused-ring (bicyclic) bond motifs is 1. The molecule has 198 valence electrons. The molecule has 1 aliphatic rings. The number of benzene rings is 2. The van der Waals surface area contributed by atoms with Crippen LogP contribution < -0.4 is 15.8 Å². The molecule has 4 heterocycles. The molecule has 0 bridgehead atoms. The monoisotopic (exact) mass is 525 g/mol. The van der Waals surface area contributed by atoms with E-state index in [0.29, 0.717) is 44.3 Å². The van der Waals surface area contributed by atoms with E-state index in [2.05, 4.69) is 25.3 Å². The lowest BCUT2D eigenvalue weighted by Gasteiger charge is -2.30. The van der Waals surface area contributed by atoms with Crippen LogP contribution in [0.15, 0.2) is 84.2 Å². The van der Waals surface area contributed by atoms with Crippen LogP contribution in [0.4, 0.5) is 15.9 Å². The van der Waals surface area contributed by atoms with Crippen LogP contribution >= 0.6 is 0 Å². The second-order valence-electron chi connectivity index (χ2n) is 9.50. The van der Waals surface area contributed by atoms with Gasteiger partial charge in [-0.15, -0.1) is 0 Å². The summed E-state index contributed by atoms with van der Waals surface area (Å²) < 4.78 is 23.1. The van der Waals surface area contributed by atoms with Crippen LogP contribution in [0.3, 0.4) is 0 Å². The van der Waals surface area contributed by atoms with Crippen molar-refractivity contribution in [1.29, 1.82) is 0 Å². The summed E-state index contributed by atoms with van der Waals surface area (Å²) in [5, 5.41) is 8.79. The number of nitrogens with one attached hydrogen (secondary N) is 1. The van der Waals surface area contributed by atoms with Gasteiger partial charge in [0.05, 0.1) is 31.7 Å². The van der Waals surface area contributed by atoms with Crippen molar-refractivity contribution in [3.63, 3.8) is 0 Å². The Labute approximate surface area is 224 Å². The van der Waals surface area contributed by atoms with Crippen molar-refractivity contribution in [3.8, 4) is 0 Å². The van der Waals surface area contributed by atoms with Gasteiger partial charge in [0, 0.05) is 43.8 Å². The fourth-order valence-electron chi connectivity index (χ4n) is 4.82. The molecule has 0 amide bonds. The smallest absolute Gasteiger partial charge is 0.250 e. The maximum absolute atomic E-state index is 14.1. The van der Waals surface area contributed by atoms with Crippen molar-refractivity contribution in [2.24, 2.45) is 0 Å². The van der Waals surface area contributed by atoms with Gasteiger partial charge < -0.3 is 19.5 Å². The van der Waals surface area contributed by atoms with Crippen LogP contribution in [0.5, 0.6) is 0 Å². The zero-order chi connectivity index (χ0) is 26.6. The lowest BCUT2D eigenvalue weighted by molar-refractivity contribution is 0.122. The van der Waals surface area contributed by atoms with Gasteiger partial charge in [0.15, 0.2) is 5.65 Å². The molecule has 2 aromatic carbocycles. The molecule has 0 spiro atoms. The topological polar surface area (TPSA) is 90.1 Å². The summed E-state index contributed by atoms with van der Waals surface area (Å²) in [4.78, 5) is 23.0. The van der Waals surface area contributed by atoms with Crippen LogP contribution in [-0.4, -0.2) is 50.6 Å². The SMILES string of the molecule is O=c1ccccn1Cc1ccc(Cn2cc3c(NCc4cc(F)ccc4N4CCOCC4)ncnc3n2)cc1. The van der Waals surface area contributed by atoms with Crippen LogP contribution in [0.2, 0.25) is 0 Å². The molecular formula is C29H28FN7O2. The number of morpholine rings is 1. The van der Waals surface area contributed by atoms with Gasteiger partial charge in [-0.2, -0.15) is 5.10 Å². The van der Waals surface area contributed by atoms with Gasteiger partial charge in [-0.3, -0.25) is 9.48 Å². The summed E-state index contributed by atoms with van der Waals surface area (Å²) in [6.07, 6.45) is 5.19. The molecule has 6 rings (SSSR count). The fraction of sp³-hybridized carbons (Fsp3) is 0.241. The zero-order valence-electron chi connectivity index (χ0n) is 21.3. The molecule has 0 unspecified atom stereocenters. The first kappa shape index (κ1) is 24.7. The number of ether oxygens (including phenoxy) is 1. The number of halogens is 1. The minimum Gasteiger partial charge on any atom is -0.378 e. The molecule has 39 heavy (non-hydrogen) atoms. The first-order valence-electron chi connectivity index (χ1n) is 12.9. The van der Waals surface area contributed by atoms with E-state index in [4.69, 9.17) is 4.74 Å². The predicted octanol–water partition coefficient (Wildman–Crippen LogP) is 3.67. The highest BCUT2D eigenvalue weighted by Crippen LogP contribution is 2.25. The fourth-order valence-corrected chi connectivity index (χ4v) is 4.82. The third-order valence-corrected chi connectivity index (χ3v) is 6.82. The molecule has 1 N–H and O–H groups in total. The van der Waals surface area contributed by atoms with E-state index in [0.717, 1.165) is 40.9 Å². The number of nitrogens with zero attached hydrogens (tertiary/aromatic N) is 6. The number of aromatic nitrogens is 5. The number of hydrogen-bond donors (Lipinski definition) is 1. The molecular weight excluding hydrogens is 497 g/mol. The molecule has 3 aromatic heterocycles. The van der Waals surface area contributed by atoms with Crippen molar-refractivity contribution in [1.82, 2.24) is 24.3 Å². The number of pyridine rings is 1. The predicted molar refractivity (Wildman–Crippen MR) is 147 cm³/mol. The van der Waals surface area contributed by atoms with Crippen LogP contribution in [0.1, 0.15) is 16.7 Å². The molecule has 9 nitrogen and oxygen atoms in total. The summed E-state index contributed by atoms with van der Waals surface area (Å²) in [5.74, 6) is 0.374. The third-order valence-electron chi connectivity index (χ3n) is 6.82. The summed E-state index contributed by atoms with van der Waals surface area (Å²) in [7, 11) is 0. The van der Waals surface area contributed by atoms with E-state index < -0.39 is 0 Å². The maximum atomic E-state index is 14.1. The van der Waals surface area contributed by atoms with E-state index in [9.17, 15) is 9.18 Å². The van der Waals surface area contributed by atoms with Crippen molar-refractivity contribution in [2.45, 2.75) is 19.6 Å². The van der Waals surface area contributed by atoms with Crippen LogP contribution in [0.25, 0.3) is 11.0 Å². The van der Waals surface area contributed by atoms with Gasteiger partial charge >= 0.3 is 0 Å². The van der Waals surface area contributed by atoms with Gasteiger partial charge in [-0.25, -0.2) is 14.4 Å². The van der Waals surface area contributed by atoms with Gasteiger partial charge in [-0.1, -0.05) is 30.3 Å². The van der Waals surface area contributed by atoms with Crippen molar-refractivity contribution < 1.29 is 9.13 Å². The zero-order valence-corrected chi connectivity index (χ0v) is 21.3. The molecule has 0 radical (unpaired) electrons. The largest absolute Gasteiger partial charge is 0.378 e. The van der Waals surface area contributed by atoms with Crippen molar-refractivity contribution in [3.05, 3.63) is 112 Å². The Hall–Kier alpha value is -4.57. The molecule has 5 aromatic rings. The van der Waals surface area contributed by atoms with Crippen LogP contribution in [-0.2, 0) is 24.4 Å². The summed E-state index contributed by atoms with van der Waals surface area (Å²) in [5.41, 5.74) is 4.53. The summed E-state index contributed by atoms with van der Waals surface area (Å²) in [6.45, 7) is 4.36.